The molecule has 0 aliphatic carbocycles. The summed E-state index contributed by atoms with van der Waals surface area (Å²) in [5, 5.41) is 19.8. The third-order valence-electron chi connectivity index (χ3n) is 7.60. The van der Waals surface area contributed by atoms with Crippen LogP contribution in [0.1, 0.15) is 156 Å². The zero-order valence-corrected chi connectivity index (χ0v) is 29.1. The predicted molar refractivity (Wildman–Crippen MR) is 188 cm³/mol. The summed E-state index contributed by atoms with van der Waals surface area (Å²) in [6.45, 7) is 6.44. The van der Waals surface area contributed by atoms with Gasteiger partial charge in [0, 0.05) is 12.8 Å². The van der Waals surface area contributed by atoms with Gasteiger partial charge in [0.25, 0.3) is 0 Å². The van der Waals surface area contributed by atoms with Gasteiger partial charge in [0.05, 0.1) is 6.10 Å². The second-order valence-corrected chi connectivity index (χ2v) is 12.7. The van der Waals surface area contributed by atoms with Crippen molar-refractivity contribution in [2.45, 2.75) is 168 Å². The number of aliphatic hydroxyl groups is 2. The first-order valence-corrected chi connectivity index (χ1v) is 18.2. The summed E-state index contributed by atoms with van der Waals surface area (Å²) >= 11 is 0. The molecule has 0 saturated heterocycles. The molecule has 0 rings (SSSR count). The van der Waals surface area contributed by atoms with Gasteiger partial charge in [0.2, 0.25) is 0 Å². The largest absolute Gasteiger partial charge is 0.463 e. The Balaban J connectivity index is 3.61. The van der Waals surface area contributed by atoms with Gasteiger partial charge in [-0.25, -0.2) is 0 Å². The Kier molecular flexibility index (Phi) is 31.6. The molecular formula is C39H68O6. The summed E-state index contributed by atoms with van der Waals surface area (Å²) in [5.41, 5.74) is 0. The molecule has 0 bridgehead atoms. The Hall–Kier alpha value is -2.18. The number of rotatable bonds is 31. The lowest BCUT2D eigenvalue weighted by Gasteiger charge is -2.12. The lowest BCUT2D eigenvalue weighted by Crippen LogP contribution is -2.25. The smallest absolute Gasteiger partial charge is 0.305 e. The summed E-state index contributed by atoms with van der Waals surface area (Å²) in [6, 6.07) is 0. The van der Waals surface area contributed by atoms with Crippen molar-refractivity contribution in [2.75, 3.05) is 13.2 Å². The molecule has 0 saturated carbocycles. The van der Waals surface area contributed by atoms with Crippen molar-refractivity contribution in [3.8, 4) is 0 Å². The van der Waals surface area contributed by atoms with Gasteiger partial charge in [-0.1, -0.05) is 153 Å². The van der Waals surface area contributed by atoms with E-state index in [1.807, 2.05) is 18.2 Å². The number of aliphatic hydroxyl groups excluding tert-OH is 2. The molecule has 45 heavy (non-hydrogen) atoms. The van der Waals surface area contributed by atoms with Crippen molar-refractivity contribution < 1.29 is 29.3 Å². The fourth-order valence-corrected chi connectivity index (χ4v) is 4.78. The third-order valence-corrected chi connectivity index (χ3v) is 7.60. The summed E-state index contributed by atoms with van der Waals surface area (Å²) in [4.78, 5) is 23.8. The molecule has 0 amide bonds. The van der Waals surface area contributed by atoms with Gasteiger partial charge in [-0.2, -0.15) is 0 Å². The van der Waals surface area contributed by atoms with Gasteiger partial charge < -0.3 is 19.7 Å². The van der Waals surface area contributed by atoms with Gasteiger partial charge in [0.1, 0.15) is 19.3 Å². The molecule has 0 aromatic rings. The number of ether oxygens (including phenoxy) is 2. The number of hydrogen-bond donors (Lipinski definition) is 2. The molecule has 0 aromatic carbocycles. The maximum absolute atomic E-state index is 11.9. The van der Waals surface area contributed by atoms with Gasteiger partial charge in [-0.15, -0.1) is 0 Å². The Bertz CT molecular complexity index is 797. The van der Waals surface area contributed by atoms with Crippen molar-refractivity contribution in [1.82, 2.24) is 0 Å². The van der Waals surface area contributed by atoms with Crippen LogP contribution in [0.2, 0.25) is 0 Å². The van der Waals surface area contributed by atoms with Crippen LogP contribution < -0.4 is 0 Å². The highest BCUT2D eigenvalue weighted by Gasteiger charge is 2.12. The molecular weight excluding hydrogens is 564 g/mol. The lowest BCUT2D eigenvalue weighted by molar-refractivity contribution is -0.152. The van der Waals surface area contributed by atoms with E-state index in [0.29, 0.717) is 12.8 Å². The van der Waals surface area contributed by atoms with Crippen LogP contribution in [0.4, 0.5) is 0 Å². The highest BCUT2D eigenvalue weighted by atomic mass is 16.6. The quantitative estimate of drug-likeness (QED) is 0.0342. The summed E-state index contributed by atoms with van der Waals surface area (Å²) in [5.74, 6) is 0.163. The van der Waals surface area contributed by atoms with E-state index < -0.39 is 6.10 Å². The number of unbranched alkanes of at least 4 members (excludes halogenated alkanes) is 12. The molecule has 0 unspecified atom stereocenters. The molecule has 0 fully saturated rings. The maximum atomic E-state index is 11.9. The lowest BCUT2D eigenvalue weighted by atomic mass is 10.0. The topological polar surface area (TPSA) is 93.1 Å². The van der Waals surface area contributed by atoms with E-state index in [4.69, 9.17) is 9.47 Å². The third kappa shape index (κ3) is 34.5. The standard InChI is InChI=1S/C39H68O6/c1-4-5-23-29-36(40)30-25-20-16-12-7-6-8-13-17-21-26-31-38(42)44-33-37(41)34-45-39(43)32-27-22-18-14-10-9-11-15-19-24-28-35(2)3/h6-7,13,16-17,20,25,30,35-37,40-41H,4-5,8-12,14-15,18-19,21-24,26-29,31-34H2,1-3H3/b7-6-,17-13-,20-16-,30-25+/t36-,37+/m1/s1. The average molecular weight is 633 g/mol. The molecule has 0 aromatic heterocycles. The van der Waals surface area contributed by atoms with Crippen molar-refractivity contribution in [3.05, 3.63) is 48.6 Å². The first-order chi connectivity index (χ1) is 21.8. The van der Waals surface area contributed by atoms with Gasteiger partial charge >= 0.3 is 11.9 Å². The average Bonchev–Trinajstić information content (AvgIpc) is 3.01. The fourth-order valence-electron chi connectivity index (χ4n) is 4.78. The highest BCUT2D eigenvalue weighted by molar-refractivity contribution is 5.69. The van der Waals surface area contributed by atoms with E-state index in [-0.39, 0.29) is 37.7 Å². The van der Waals surface area contributed by atoms with Crippen molar-refractivity contribution in [1.29, 1.82) is 0 Å². The minimum absolute atomic E-state index is 0.145. The van der Waals surface area contributed by atoms with E-state index in [1.165, 1.54) is 57.8 Å². The van der Waals surface area contributed by atoms with Gasteiger partial charge in [0.15, 0.2) is 0 Å². The number of esters is 2. The van der Waals surface area contributed by atoms with Crippen LogP contribution in [0.5, 0.6) is 0 Å². The van der Waals surface area contributed by atoms with Crippen LogP contribution >= 0.6 is 0 Å². The van der Waals surface area contributed by atoms with Crippen molar-refractivity contribution >= 4 is 11.9 Å². The van der Waals surface area contributed by atoms with Crippen molar-refractivity contribution in [2.24, 2.45) is 5.92 Å². The van der Waals surface area contributed by atoms with Gasteiger partial charge in [-0.3, -0.25) is 9.59 Å². The van der Waals surface area contributed by atoms with Gasteiger partial charge in [-0.05, 0) is 44.4 Å². The molecule has 2 N–H and O–H groups in total. The monoisotopic (exact) mass is 633 g/mol. The molecule has 0 spiro atoms. The summed E-state index contributed by atoms with van der Waals surface area (Å²) in [6.07, 6.45) is 36.4. The molecule has 0 aliphatic heterocycles. The number of allylic oxidation sites excluding steroid dienone is 7. The molecule has 0 aliphatic rings. The van der Waals surface area contributed by atoms with Crippen LogP contribution in [-0.2, 0) is 19.1 Å². The Labute approximate surface area is 276 Å². The Morgan fingerprint density at radius 1 is 0.600 bits per heavy atom. The first-order valence-electron chi connectivity index (χ1n) is 18.2. The Morgan fingerprint density at radius 3 is 1.71 bits per heavy atom. The fraction of sp³-hybridized carbons (Fsp3) is 0.744. The minimum atomic E-state index is -0.997. The van der Waals surface area contributed by atoms with Crippen molar-refractivity contribution in [3.63, 3.8) is 0 Å². The normalized spacial score (nSPS) is 13.6. The molecule has 0 heterocycles. The van der Waals surface area contributed by atoms with E-state index in [2.05, 4.69) is 51.2 Å². The highest BCUT2D eigenvalue weighted by Crippen LogP contribution is 2.14. The second kappa shape index (κ2) is 33.2. The van der Waals surface area contributed by atoms with Crippen LogP contribution in [-0.4, -0.2) is 47.6 Å². The zero-order chi connectivity index (χ0) is 33.2. The molecule has 6 heteroatoms. The minimum Gasteiger partial charge on any atom is -0.463 e. The first kappa shape index (κ1) is 42.8. The summed E-state index contributed by atoms with van der Waals surface area (Å²) < 4.78 is 10.2. The van der Waals surface area contributed by atoms with E-state index in [0.717, 1.165) is 63.7 Å². The maximum Gasteiger partial charge on any atom is 0.305 e. The number of hydrogen-bond acceptors (Lipinski definition) is 6. The van der Waals surface area contributed by atoms with Crippen LogP contribution in [0.25, 0.3) is 0 Å². The number of carbonyl (C=O) groups is 2. The van der Waals surface area contributed by atoms with Crippen LogP contribution in [0.3, 0.4) is 0 Å². The Morgan fingerprint density at radius 2 is 1.11 bits per heavy atom. The van der Waals surface area contributed by atoms with E-state index in [1.54, 1.807) is 0 Å². The van der Waals surface area contributed by atoms with E-state index in [9.17, 15) is 19.8 Å². The zero-order valence-electron chi connectivity index (χ0n) is 29.1. The van der Waals surface area contributed by atoms with Crippen LogP contribution in [0.15, 0.2) is 48.6 Å². The molecule has 2 atom stereocenters. The van der Waals surface area contributed by atoms with E-state index >= 15 is 0 Å². The predicted octanol–water partition coefficient (Wildman–Crippen LogP) is 9.89. The molecule has 260 valence electrons. The molecule has 0 radical (unpaired) electrons. The SMILES string of the molecule is CCCCC[C@@H](O)/C=C/C=C\C/C=C\C/C=C\CCCC(=O)OC[C@H](O)COC(=O)CCCCCCCCCCCCC(C)C. The number of carbonyl (C=O) groups excluding carboxylic acids is 2. The van der Waals surface area contributed by atoms with Crippen LogP contribution in [0, 0.1) is 5.92 Å². The second-order valence-electron chi connectivity index (χ2n) is 12.7. The molecule has 6 nitrogen and oxygen atoms in total. The summed E-state index contributed by atoms with van der Waals surface area (Å²) in [7, 11) is 0.